The van der Waals surface area contributed by atoms with Crippen LogP contribution in [0.3, 0.4) is 0 Å². The lowest BCUT2D eigenvalue weighted by Crippen LogP contribution is -2.45. The molecule has 26 heavy (non-hydrogen) atoms. The van der Waals surface area contributed by atoms with Crippen LogP contribution >= 0.6 is 0 Å². The van der Waals surface area contributed by atoms with Crippen molar-refractivity contribution in [2.75, 3.05) is 13.1 Å². The van der Waals surface area contributed by atoms with Gasteiger partial charge in [0.2, 0.25) is 0 Å². The minimum atomic E-state index is -0.708. The minimum absolute atomic E-state index is 0.520. The van der Waals surface area contributed by atoms with Crippen LogP contribution in [0, 0.1) is 0 Å². The summed E-state index contributed by atoms with van der Waals surface area (Å²) in [7, 11) is 0. The molecule has 0 unspecified atom stereocenters. The van der Waals surface area contributed by atoms with E-state index in [9.17, 15) is 5.11 Å². The smallest absolute Gasteiger partial charge is 0.140 e. The molecule has 0 bridgehead atoms. The molecular weight excluding hydrogens is 324 g/mol. The molecule has 1 aromatic heterocycles. The number of benzene rings is 2. The maximum Gasteiger partial charge on any atom is 0.140 e. The summed E-state index contributed by atoms with van der Waals surface area (Å²) in [5.74, 6) is 0.753. The highest BCUT2D eigenvalue weighted by molar-refractivity contribution is 5.58. The Morgan fingerprint density at radius 1 is 0.962 bits per heavy atom. The molecule has 2 heterocycles. The Morgan fingerprint density at radius 3 is 2.31 bits per heavy atom. The summed E-state index contributed by atoms with van der Waals surface area (Å²) in [5.41, 5.74) is 2.47. The van der Waals surface area contributed by atoms with Crippen LogP contribution in [0.1, 0.15) is 24.2 Å². The van der Waals surface area contributed by atoms with Crippen LogP contribution < -0.4 is 0 Å². The van der Waals surface area contributed by atoms with Crippen LogP contribution in [-0.4, -0.2) is 33.9 Å². The van der Waals surface area contributed by atoms with E-state index in [-0.39, 0.29) is 0 Å². The molecule has 1 aliphatic heterocycles. The second kappa shape index (κ2) is 7.44. The molecule has 2 aromatic carbocycles. The average molecular weight is 348 g/mol. The number of hydrogen-bond acceptors (Lipinski definition) is 4. The number of hydrogen-bond donors (Lipinski definition) is 1. The molecule has 0 spiro atoms. The highest BCUT2D eigenvalue weighted by atomic mass is 16.5. The number of aromatic nitrogens is 1. The number of rotatable bonds is 5. The Balaban J connectivity index is 1.35. The molecule has 4 rings (SSSR count). The van der Waals surface area contributed by atoms with Crippen molar-refractivity contribution in [3.8, 4) is 11.3 Å². The second-order valence-electron chi connectivity index (χ2n) is 7.21. The van der Waals surface area contributed by atoms with Gasteiger partial charge in [-0.25, -0.2) is 0 Å². The van der Waals surface area contributed by atoms with E-state index in [1.807, 2.05) is 42.5 Å². The fourth-order valence-electron chi connectivity index (χ4n) is 3.61. The van der Waals surface area contributed by atoms with Gasteiger partial charge in [0.15, 0.2) is 0 Å². The van der Waals surface area contributed by atoms with Gasteiger partial charge in [-0.3, -0.25) is 4.90 Å². The highest BCUT2D eigenvalue weighted by Gasteiger charge is 2.33. The standard InChI is InChI=1S/C22H24N2O2/c25-22(11-13-24(14-12-22)17-18-7-3-1-4-8-18)16-20-15-21(23-26-20)19-9-5-2-6-10-19/h1-10,15,25H,11-14,16-17H2. The van der Waals surface area contributed by atoms with Gasteiger partial charge >= 0.3 is 0 Å². The molecule has 0 atom stereocenters. The topological polar surface area (TPSA) is 49.5 Å². The van der Waals surface area contributed by atoms with Crippen molar-refractivity contribution in [1.82, 2.24) is 10.1 Å². The van der Waals surface area contributed by atoms with Crippen LogP contribution in [0.25, 0.3) is 11.3 Å². The van der Waals surface area contributed by atoms with E-state index in [4.69, 9.17) is 4.52 Å². The predicted molar refractivity (Wildman–Crippen MR) is 102 cm³/mol. The van der Waals surface area contributed by atoms with Crippen LogP contribution in [0.4, 0.5) is 0 Å². The minimum Gasteiger partial charge on any atom is -0.389 e. The van der Waals surface area contributed by atoms with Crippen molar-refractivity contribution in [3.05, 3.63) is 78.1 Å². The lowest BCUT2D eigenvalue weighted by atomic mass is 9.87. The van der Waals surface area contributed by atoms with Crippen molar-refractivity contribution >= 4 is 0 Å². The third-order valence-electron chi connectivity index (χ3n) is 5.17. The Bertz CT molecular complexity index is 822. The first-order valence-corrected chi connectivity index (χ1v) is 9.20. The normalized spacial score (nSPS) is 17.3. The second-order valence-corrected chi connectivity index (χ2v) is 7.21. The zero-order valence-electron chi connectivity index (χ0n) is 14.8. The first kappa shape index (κ1) is 17.0. The van der Waals surface area contributed by atoms with E-state index >= 15 is 0 Å². The first-order chi connectivity index (χ1) is 12.7. The number of likely N-dealkylation sites (tertiary alicyclic amines) is 1. The van der Waals surface area contributed by atoms with E-state index in [0.29, 0.717) is 6.42 Å². The Morgan fingerprint density at radius 2 is 1.62 bits per heavy atom. The molecule has 3 aromatic rings. The average Bonchev–Trinajstić information content (AvgIpc) is 3.13. The molecular formula is C22H24N2O2. The molecule has 0 amide bonds. The Kier molecular flexibility index (Phi) is 4.87. The highest BCUT2D eigenvalue weighted by Crippen LogP contribution is 2.29. The van der Waals surface area contributed by atoms with E-state index in [2.05, 4.69) is 34.3 Å². The third-order valence-corrected chi connectivity index (χ3v) is 5.17. The van der Waals surface area contributed by atoms with Gasteiger partial charge in [0.05, 0.1) is 5.60 Å². The maximum atomic E-state index is 11.0. The zero-order valence-corrected chi connectivity index (χ0v) is 14.8. The van der Waals surface area contributed by atoms with Crippen LogP contribution in [0.5, 0.6) is 0 Å². The molecule has 134 valence electrons. The molecule has 1 N–H and O–H groups in total. The van der Waals surface area contributed by atoms with Gasteiger partial charge in [-0.1, -0.05) is 65.8 Å². The van der Waals surface area contributed by atoms with Gasteiger partial charge < -0.3 is 9.63 Å². The van der Waals surface area contributed by atoms with Gasteiger partial charge in [0.25, 0.3) is 0 Å². The first-order valence-electron chi connectivity index (χ1n) is 9.20. The van der Waals surface area contributed by atoms with E-state index in [0.717, 1.165) is 49.5 Å². The summed E-state index contributed by atoms with van der Waals surface area (Å²) in [6, 6.07) is 22.4. The summed E-state index contributed by atoms with van der Waals surface area (Å²) in [5, 5.41) is 15.1. The monoisotopic (exact) mass is 348 g/mol. The van der Waals surface area contributed by atoms with E-state index < -0.39 is 5.60 Å². The van der Waals surface area contributed by atoms with Crippen molar-refractivity contribution in [1.29, 1.82) is 0 Å². The van der Waals surface area contributed by atoms with Gasteiger partial charge in [-0.15, -0.1) is 0 Å². The van der Waals surface area contributed by atoms with E-state index in [1.165, 1.54) is 5.56 Å². The van der Waals surface area contributed by atoms with Crippen LogP contribution in [0.2, 0.25) is 0 Å². The van der Waals surface area contributed by atoms with Gasteiger partial charge in [0.1, 0.15) is 11.5 Å². The van der Waals surface area contributed by atoms with E-state index in [1.54, 1.807) is 0 Å². The van der Waals surface area contributed by atoms with Gasteiger partial charge in [0, 0.05) is 37.7 Å². The molecule has 0 saturated carbocycles. The van der Waals surface area contributed by atoms with Crippen LogP contribution in [0.15, 0.2) is 71.3 Å². The predicted octanol–water partition coefficient (Wildman–Crippen LogP) is 3.91. The Hall–Kier alpha value is -2.43. The van der Waals surface area contributed by atoms with Crippen LogP contribution in [-0.2, 0) is 13.0 Å². The summed E-state index contributed by atoms with van der Waals surface area (Å²) in [4.78, 5) is 2.40. The summed E-state index contributed by atoms with van der Waals surface area (Å²) < 4.78 is 5.49. The molecule has 4 heteroatoms. The lowest BCUT2D eigenvalue weighted by molar-refractivity contribution is -0.0265. The zero-order chi connectivity index (χ0) is 17.8. The molecule has 0 radical (unpaired) electrons. The summed E-state index contributed by atoms with van der Waals surface area (Å²) >= 11 is 0. The van der Waals surface area contributed by atoms with Crippen molar-refractivity contribution in [3.63, 3.8) is 0 Å². The number of piperidine rings is 1. The lowest BCUT2D eigenvalue weighted by Gasteiger charge is -2.37. The van der Waals surface area contributed by atoms with Crippen molar-refractivity contribution < 1.29 is 9.63 Å². The third kappa shape index (κ3) is 4.03. The molecule has 4 nitrogen and oxygen atoms in total. The largest absolute Gasteiger partial charge is 0.389 e. The number of nitrogens with zero attached hydrogens (tertiary/aromatic N) is 2. The molecule has 1 fully saturated rings. The van der Waals surface area contributed by atoms with Crippen molar-refractivity contribution in [2.45, 2.75) is 31.4 Å². The summed E-state index contributed by atoms with van der Waals surface area (Å²) in [6.45, 7) is 2.73. The Labute approximate surface area is 154 Å². The number of aliphatic hydroxyl groups is 1. The quantitative estimate of drug-likeness (QED) is 0.759. The van der Waals surface area contributed by atoms with Crippen molar-refractivity contribution in [2.24, 2.45) is 0 Å². The molecule has 1 aliphatic rings. The van der Waals surface area contributed by atoms with Gasteiger partial charge in [-0.05, 0) is 18.4 Å². The summed E-state index contributed by atoms with van der Waals surface area (Å²) in [6.07, 6.45) is 2.02. The SMILES string of the molecule is OC1(Cc2cc(-c3ccccc3)no2)CCN(Cc2ccccc2)CC1. The van der Waals surface area contributed by atoms with Gasteiger partial charge in [-0.2, -0.15) is 0 Å². The molecule has 1 saturated heterocycles. The maximum absolute atomic E-state index is 11.0. The molecule has 0 aliphatic carbocycles. The fraction of sp³-hybridized carbons (Fsp3) is 0.318. The fourth-order valence-corrected chi connectivity index (χ4v) is 3.61.